The monoisotopic (exact) mass is 226 g/mol. The maximum atomic E-state index is 5.82. The normalized spacial score (nSPS) is 32.6. The summed E-state index contributed by atoms with van der Waals surface area (Å²) >= 11 is 0. The Bertz CT molecular complexity index is 196. The minimum atomic E-state index is 0.500. The lowest BCUT2D eigenvalue weighted by molar-refractivity contribution is -0.0190. The Balaban J connectivity index is 1.59. The molecule has 0 aromatic carbocycles. The molecule has 1 saturated carbocycles. The van der Waals surface area contributed by atoms with Gasteiger partial charge < -0.3 is 15.4 Å². The van der Waals surface area contributed by atoms with E-state index >= 15 is 0 Å². The van der Waals surface area contributed by atoms with Crippen molar-refractivity contribution in [2.24, 2.45) is 11.7 Å². The smallest absolute Gasteiger partial charge is 0.0599 e. The summed E-state index contributed by atoms with van der Waals surface area (Å²) in [7, 11) is 0. The molecule has 0 spiro atoms. The number of ether oxygens (including phenoxy) is 1. The van der Waals surface area contributed by atoms with E-state index in [9.17, 15) is 0 Å². The van der Waals surface area contributed by atoms with E-state index in [4.69, 9.17) is 10.5 Å². The van der Waals surface area contributed by atoms with Crippen LogP contribution in [0.25, 0.3) is 0 Å². The van der Waals surface area contributed by atoms with E-state index in [-0.39, 0.29) is 0 Å². The number of hydrogen-bond acceptors (Lipinski definition) is 3. The summed E-state index contributed by atoms with van der Waals surface area (Å²) in [5, 5.41) is 0. The Hall–Kier alpha value is -0.120. The molecule has 1 aliphatic carbocycles. The van der Waals surface area contributed by atoms with Crippen molar-refractivity contribution in [3.05, 3.63) is 0 Å². The van der Waals surface area contributed by atoms with Crippen molar-refractivity contribution in [2.45, 2.75) is 51.2 Å². The fraction of sp³-hybridized carbons (Fsp3) is 1.00. The zero-order chi connectivity index (χ0) is 11.4. The average Bonchev–Trinajstić information content (AvgIpc) is 2.27. The van der Waals surface area contributed by atoms with Crippen molar-refractivity contribution in [3.63, 3.8) is 0 Å². The van der Waals surface area contributed by atoms with Gasteiger partial charge in [0.2, 0.25) is 0 Å². The second-order valence-electron chi connectivity index (χ2n) is 5.48. The lowest BCUT2D eigenvalue weighted by Gasteiger charge is -2.44. The quantitative estimate of drug-likeness (QED) is 0.724. The molecule has 2 fully saturated rings. The van der Waals surface area contributed by atoms with E-state index in [1.54, 1.807) is 0 Å². The summed E-state index contributed by atoms with van der Waals surface area (Å²) in [4.78, 5) is 2.67. The Morgan fingerprint density at radius 3 is 2.50 bits per heavy atom. The number of likely N-dealkylation sites (tertiary alicyclic amines) is 1. The Morgan fingerprint density at radius 1 is 1.25 bits per heavy atom. The lowest BCUT2D eigenvalue weighted by Crippen LogP contribution is -2.48. The fourth-order valence-corrected chi connectivity index (χ4v) is 2.90. The van der Waals surface area contributed by atoms with Crippen LogP contribution in [0, 0.1) is 5.92 Å². The summed E-state index contributed by atoms with van der Waals surface area (Å²) < 4.78 is 5.82. The average molecular weight is 226 g/mol. The highest BCUT2D eigenvalue weighted by Gasteiger charge is 2.32. The third-order valence-electron chi connectivity index (χ3n) is 4.04. The van der Waals surface area contributed by atoms with Crippen LogP contribution in [0.3, 0.4) is 0 Å². The molecule has 0 atom stereocenters. The summed E-state index contributed by atoms with van der Waals surface area (Å²) in [6.45, 7) is 6.44. The van der Waals surface area contributed by atoms with E-state index in [1.165, 1.54) is 38.8 Å². The molecular formula is C13H26N2O. The van der Waals surface area contributed by atoms with Crippen molar-refractivity contribution >= 4 is 0 Å². The maximum Gasteiger partial charge on any atom is 0.0599 e. The highest BCUT2D eigenvalue weighted by Crippen LogP contribution is 2.32. The minimum absolute atomic E-state index is 0.500. The number of nitrogens with zero attached hydrogens (tertiary/aromatic N) is 1. The molecule has 2 aliphatic rings. The van der Waals surface area contributed by atoms with Gasteiger partial charge in [0.05, 0.1) is 6.10 Å². The second-order valence-corrected chi connectivity index (χ2v) is 5.48. The molecule has 2 rings (SSSR count). The van der Waals surface area contributed by atoms with Gasteiger partial charge in [0.1, 0.15) is 0 Å². The third-order valence-corrected chi connectivity index (χ3v) is 4.04. The SMILES string of the molecule is CC1CC(N2CCC(OCCCN)CC2)C1. The molecular weight excluding hydrogens is 200 g/mol. The van der Waals surface area contributed by atoms with Gasteiger partial charge in [0.15, 0.2) is 0 Å². The predicted octanol–water partition coefficient (Wildman–Crippen LogP) is 1.61. The zero-order valence-corrected chi connectivity index (χ0v) is 10.5. The van der Waals surface area contributed by atoms with Gasteiger partial charge >= 0.3 is 0 Å². The van der Waals surface area contributed by atoms with Crippen LogP contribution in [0.15, 0.2) is 0 Å². The molecule has 1 heterocycles. The van der Waals surface area contributed by atoms with Gasteiger partial charge in [-0.3, -0.25) is 0 Å². The lowest BCUT2D eigenvalue weighted by atomic mass is 9.80. The van der Waals surface area contributed by atoms with E-state index in [2.05, 4.69) is 11.8 Å². The largest absolute Gasteiger partial charge is 0.378 e. The highest BCUT2D eigenvalue weighted by molar-refractivity contribution is 4.87. The van der Waals surface area contributed by atoms with Crippen LogP contribution >= 0.6 is 0 Å². The molecule has 1 saturated heterocycles. The van der Waals surface area contributed by atoms with Crippen LogP contribution in [0.4, 0.5) is 0 Å². The van der Waals surface area contributed by atoms with Gasteiger partial charge in [0, 0.05) is 25.7 Å². The molecule has 0 bridgehead atoms. The van der Waals surface area contributed by atoms with Crippen molar-refractivity contribution in [1.29, 1.82) is 0 Å². The fourth-order valence-electron chi connectivity index (χ4n) is 2.90. The number of piperidine rings is 1. The van der Waals surface area contributed by atoms with Gasteiger partial charge in [-0.05, 0) is 44.6 Å². The second kappa shape index (κ2) is 5.99. The molecule has 0 aromatic rings. The summed E-state index contributed by atoms with van der Waals surface area (Å²) in [5.74, 6) is 0.962. The predicted molar refractivity (Wildman–Crippen MR) is 66.4 cm³/mol. The number of rotatable bonds is 5. The Kier molecular flexibility index (Phi) is 4.62. The first-order valence-corrected chi connectivity index (χ1v) is 6.85. The third kappa shape index (κ3) is 3.19. The van der Waals surface area contributed by atoms with Gasteiger partial charge in [-0.25, -0.2) is 0 Å². The van der Waals surface area contributed by atoms with Crippen LogP contribution in [0.5, 0.6) is 0 Å². The van der Waals surface area contributed by atoms with Crippen LogP contribution < -0.4 is 5.73 Å². The first-order chi connectivity index (χ1) is 7.79. The summed E-state index contributed by atoms with van der Waals surface area (Å²) in [6, 6.07) is 0.889. The van der Waals surface area contributed by atoms with Gasteiger partial charge in [-0.15, -0.1) is 0 Å². The first kappa shape index (κ1) is 12.3. The molecule has 3 heteroatoms. The molecule has 0 aromatic heterocycles. The van der Waals surface area contributed by atoms with E-state index < -0.39 is 0 Å². The maximum absolute atomic E-state index is 5.82. The number of hydrogen-bond donors (Lipinski definition) is 1. The summed E-state index contributed by atoms with van der Waals surface area (Å²) in [5.41, 5.74) is 5.46. The minimum Gasteiger partial charge on any atom is -0.378 e. The molecule has 0 radical (unpaired) electrons. The van der Waals surface area contributed by atoms with Crippen LogP contribution in [-0.2, 0) is 4.74 Å². The standard InChI is InChI=1S/C13H26N2O/c1-11-9-12(10-11)15-6-3-13(4-7-15)16-8-2-5-14/h11-13H,2-10,14H2,1H3. The van der Waals surface area contributed by atoms with Gasteiger partial charge in [0.25, 0.3) is 0 Å². The van der Waals surface area contributed by atoms with E-state index in [0.29, 0.717) is 6.10 Å². The van der Waals surface area contributed by atoms with Crippen LogP contribution in [0.1, 0.15) is 39.0 Å². The van der Waals surface area contributed by atoms with Crippen molar-refractivity contribution < 1.29 is 4.74 Å². The first-order valence-electron chi connectivity index (χ1n) is 6.85. The molecule has 3 nitrogen and oxygen atoms in total. The van der Waals surface area contributed by atoms with E-state index in [1.807, 2.05) is 0 Å². The number of nitrogens with two attached hydrogens (primary N) is 1. The van der Waals surface area contributed by atoms with Crippen LogP contribution in [0.2, 0.25) is 0 Å². The molecule has 0 amide bonds. The van der Waals surface area contributed by atoms with Crippen molar-refractivity contribution in [3.8, 4) is 0 Å². The Labute approximate surface area is 99.3 Å². The van der Waals surface area contributed by atoms with Crippen LogP contribution in [-0.4, -0.2) is 43.3 Å². The van der Waals surface area contributed by atoms with Crippen molar-refractivity contribution in [1.82, 2.24) is 4.90 Å². The molecule has 2 N–H and O–H groups in total. The Morgan fingerprint density at radius 2 is 1.94 bits per heavy atom. The molecule has 0 unspecified atom stereocenters. The van der Waals surface area contributed by atoms with Gasteiger partial charge in [-0.1, -0.05) is 6.92 Å². The van der Waals surface area contributed by atoms with E-state index in [0.717, 1.165) is 31.5 Å². The van der Waals surface area contributed by atoms with Crippen molar-refractivity contribution in [2.75, 3.05) is 26.2 Å². The zero-order valence-electron chi connectivity index (χ0n) is 10.5. The molecule has 16 heavy (non-hydrogen) atoms. The molecule has 1 aliphatic heterocycles. The topological polar surface area (TPSA) is 38.5 Å². The molecule has 94 valence electrons. The van der Waals surface area contributed by atoms with Gasteiger partial charge in [-0.2, -0.15) is 0 Å². The summed E-state index contributed by atoms with van der Waals surface area (Å²) in [6.07, 6.45) is 6.77. The highest BCUT2D eigenvalue weighted by atomic mass is 16.5.